The molecular formula is C10H13ClFNO. The summed E-state index contributed by atoms with van der Waals surface area (Å²) < 4.78 is 12.5. The van der Waals surface area contributed by atoms with Crippen LogP contribution in [0.4, 0.5) is 4.39 Å². The fourth-order valence-electron chi connectivity index (χ4n) is 0.567. The highest BCUT2D eigenvalue weighted by atomic mass is 35.5. The Morgan fingerprint density at radius 1 is 1.57 bits per heavy atom. The van der Waals surface area contributed by atoms with Crippen LogP contribution in [0.15, 0.2) is 18.2 Å². The van der Waals surface area contributed by atoms with Crippen LogP contribution in [-0.4, -0.2) is 12.3 Å². The molecule has 0 saturated heterocycles. The molecular weight excluding hydrogens is 205 g/mol. The molecule has 0 bridgehead atoms. The molecule has 78 valence electrons. The average molecular weight is 218 g/mol. The normalized spacial score (nSPS) is 8.93. The first kappa shape index (κ1) is 13.1. The van der Waals surface area contributed by atoms with Gasteiger partial charge < -0.3 is 5.73 Å². The van der Waals surface area contributed by atoms with Crippen LogP contribution >= 0.6 is 11.6 Å². The third-order valence-corrected chi connectivity index (χ3v) is 1.66. The lowest BCUT2D eigenvalue weighted by atomic mass is 10.2. The molecule has 0 saturated carbocycles. The van der Waals surface area contributed by atoms with Crippen molar-refractivity contribution in [3.63, 3.8) is 0 Å². The van der Waals surface area contributed by atoms with Gasteiger partial charge in [-0.2, -0.15) is 0 Å². The Kier molecular flexibility index (Phi) is 6.08. The predicted molar refractivity (Wildman–Crippen MR) is 55.9 cm³/mol. The zero-order valence-corrected chi connectivity index (χ0v) is 8.94. The molecule has 0 aliphatic rings. The molecule has 0 heterocycles. The minimum absolute atomic E-state index is 0.0324. The van der Waals surface area contributed by atoms with Crippen LogP contribution in [0, 0.1) is 12.7 Å². The van der Waals surface area contributed by atoms with E-state index >= 15 is 0 Å². The van der Waals surface area contributed by atoms with Crippen LogP contribution in [0.3, 0.4) is 0 Å². The predicted octanol–water partition coefficient (Wildman–Crippen LogP) is 2.32. The minimum Gasteiger partial charge on any atom is -0.324 e. The lowest BCUT2D eigenvalue weighted by Gasteiger charge is -1.93. The molecule has 2 nitrogen and oxygen atoms in total. The maximum Gasteiger partial charge on any atom is 0.143 e. The highest BCUT2D eigenvalue weighted by Gasteiger charge is 1.94. The molecule has 4 heteroatoms. The van der Waals surface area contributed by atoms with E-state index in [1.165, 1.54) is 13.0 Å². The van der Waals surface area contributed by atoms with E-state index in [9.17, 15) is 9.18 Å². The summed E-state index contributed by atoms with van der Waals surface area (Å²) >= 11 is 5.48. The van der Waals surface area contributed by atoms with Crippen LogP contribution in [-0.2, 0) is 4.79 Å². The van der Waals surface area contributed by atoms with Gasteiger partial charge in [0.1, 0.15) is 11.6 Å². The van der Waals surface area contributed by atoms with Gasteiger partial charge in [0.15, 0.2) is 0 Å². The fraction of sp³-hybridized carbons (Fsp3) is 0.300. The summed E-state index contributed by atoms with van der Waals surface area (Å²) in [4.78, 5) is 9.69. The Balaban J connectivity index is 0.000000292. The zero-order chi connectivity index (χ0) is 11.1. The number of carbonyl (C=O) groups excluding carboxylic acids is 1. The highest BCUT2D eigenvalue weighted by molar-refractivity contribution is 6.30. The maximum atomic E-state index is 12.5. The summed E-state index contributed by atoms with van der Waals surface area (Å²) in [5.41, 5.74) is 5.45. The molecule has 1 aromatic rings. The van der Waals surface area contributed by atoms with Crippen LogP contribution < -0.4 is 5.73 Å². The summed E-state index contributed by atoms with van der Waals surface area (Å²) in [6.07, 6.45) is 0. The number of Topliss-reactive ketones (excluding diaryl/α,β-unsaturated/α-hetero) is 1. The molecule has 0 atom stereocenters. The van der Waals surface area contributed by atoms with E-state index in [0.717, 1.165) is 0 Å². The standard InChI is InChI=1S/C7H6ClF.C3H7NO/c1-5-2-3-6(8)4-7(5)9;1-3(5)2-4/h2-4H,1H3;2,4H2,1H3. The first-order valence-electron chi connectivity index (χ1n) is 4.08. The van der Waals surface area contributed by atoms with E-state index in [1.807, 2.05) is 0 Å². The minimum atomic E-state index is -0.248. The van der Waals surface area contributed by atoms with Crippen molar-refractivity contribution in [1.82, 2.24) is 0 Å². The van der Waals surface area contributed by atoms with Gasteiger partial charge in [0.2, 0.25) is 0 Å². The molecule has 0 aliphatic carbocycles. The molecule has 14 heavy (non-hydrogen) atoms. The third kappa shape index (κ3) is 5.67. The SMILES string of the molecule is CC(=O)CN.Cc1ccc(Cl)cc1F. The smallest absolute Gasteiger partial charge is 0.143 e. The Bertz CT molecular complexity index is 315. The van der Waals surface area contributed by atoms with Gasteiger partial charge in [-0.1, -0.05) is 17.7 Å². The third-order valence-electron chi connectivity index (χ3n) is 1.42. The van der Waals surface area contributed by atoms with Gasteiger partial charge in [0.25, 0.3) is 0 Å². The molecule has 2 N–H and O–H groups in total. The Labute approximate surface area is 87.9 Å². The molecule has 0 fully saturated rings. The molecule has 1 aromatic carbocycles. The van der Waals surface area contributed by atoms with E-state index in [1.54, 1.807) is 19.1 Å². The van der Waals surface area contributed by atoms with Gasteiger partial charge >= 0.3 is 0 Å². The van der Waals surface area contributed by atoms with Crippen LogP contribution in [0.1, 0.15) is 12.5 Å². The largest absolute Gasteiger partial charge is 0.324 e. The number of benzene rings is 1. The quantitative estimate of drug-likeness (QED) is 0.785. The molecule has 0 radical (unpaired) electrons. The van der Waals surface area contributed by atoms with Crippen LogP contribution in [0.5, 0.6) is 0 Å². The van der Waals surface area contributed by atoms with Gasteiger partial charge in [-0.25, -0.2) is 4.39 Å². The average Bonchev–Trinajstić information content (AvgIpc) is 2.13. The number of hydrogen-bond donors (Lipinski definition) is 1. The van der Waals surface area contributed by atoms with Crippen molar-refractivity contribution < 1.29 is 9.18 Å². The van der Waals surface area contributed by atoms with E-state index in [2.05, 4.69) is 0 Å². The second-order valence-electron chi connectivity index (χ2n) is 2.80. The first-order valence-corrected chi connectivity index (χ1v) is 4.46. The highest BCUT2D eigenvalue weighted by Crippen LogP contribution is 2.12. The summed E-state index contributed by atoms with van der Waals surface area (Å²) in [6, 6.07) is 4.62. The van der Waals surface area contributed by atoms with E-state index < -0.39 is 0 Å². The van der Waals surface area contributed by atoms with Crippen molar-refractivity contribution >= 4 is 17.4 Å². The monoisotopic (exact) mass is 217 g/mol. The molecule has 0 aromatic heterocycles. The van der Waals surface area contributed by atoms with Gasteiger partial charge in [0, 0.05) is 5.02 Å². The van der Waals surface area contributed by atoms with Gasteiger partial charge in [0.05, 0.1) is 6.54 Å². The lowest BCUT2D eigenvalue weighted by Crippen LogP contribution is -2.07. The number of hydrogen-bond acceptors (Lipinski definition) is 2. The summed E-state index contributed by atoms with van der Waals surface area (Å²) in [6.45, 7) is 3.33. The second-order valence-corrected chi connectivity index (χ2v) is 3.24. The number of rotatable bonds is 1. The Morgan fingerprint density at radius 3 is 2.36 bits per heavy atom. The summed E-state index contributed by atoms with van der Waals surface area (Å²) in [7, 11) is 0. The molecule has 0 aliphatic heterocycles. The maximum absolute atomic E-state index is 12.5. The summed E-state index contributed by atoms with van der Waals surface area (Å²) in [5.74, 6) is -0.215. The zero-order valence-electron chi connectivity index (χ0n) is 8.18. The lowest BCUT2D eigenvalue weighted by molar-refractivity contribution is -0.115. The number of aryl methyl sites for hydroxylation is 1. The van der Waals surface area contributed by atoms with Crippen molar-refractivity contribution in [3.8, 4) is 0 Å². The van der Waals surface area contributed by atoms with Gasteiger partial charge in [-0.05, 0) is 31.5 Å². The fourth-order valence-corrected chi connectivity index (χ4v) is 0.726. The van der Waals surface area contributed by atoms with Crippen molar-refractivity contribution in [1.29, 1.82) is 0 Å². The molecule has 0 unspecified atom stereocenters. The molecule has 0 amide bonds. The van der Waals surface area contributed by atoms with Gasteiger partial charge in [-0.3, -0.25) is 4.79 Å². The van der Waals surface area contributed by atoms with Crippen molar-refractivity contribution in [2.45, 2.75) is 13.8 Å². The second kappa shape index (κ2) is 6.51. The topological polar surface area (TPSA) is 43.1 Å². The number of ketones is 1. The first-order chi connectivity index (χ1) is 6.47. The summed E-state index contributed by atoms with van der Waals surface area (Å²) in [5, 5.41) is 0.443. The van der Waals surface area contributed by atoms with E-state index in [4.69, 9.17) is 17.3 Å². The number of nitrogens with two attached hydrogens (primary N) is 1. The van der Waals surface area contributed by atoms with Crippen molar-refractivity contribution in [2.75, 3.05) is 6.54 Å². The van der Waals surface area contributed by atoms with Crippen LogP contribution in [0.2, 0.25) is 5.02 Å². The van der Waals surface area contributed by atoms with Crippen molar-refractivity contribution in [2.24, 2.45) is 5.73 Å². The Morgan fingerprint density at radius 2 is 2.07 bits per heavy atom. The van der Waals surface area contributed by atoms with Crippen molar-refractivity contribution in [3.05, 3.63) is 34.6 Å². The van der Waals surface area contributed by atoms with Crippen LogP contribution in [0.25, 0.3) is 0 Å². The number of halogens is 2. The van der Waals surface area contributed by atoms with E-state index in [-0.39, 0.29) is 18.1 Å². The van der Waals surface area contributed by atoms with Gasteiger partial charge in [-0.15, -0.1) is 0 Å². The van der Waals surface area contributed by atoms with E-state index in [0.29, 0.717) is 10.6 Å². The Hall–Kier alpha value is -0.930. The molecule has 1 rings (SSSR count). The molecule has 0 spiro atoms. The number of carbonyl (C=O) groups is 1.